The quantitative estimate of drug-likeness (QED) is 0.469. The molecule has 7 heteroatoms. The number of hydrogen-bond acceptors (Lipinski definition) is 6. The average Bonchev–Trinajstić information content (AvgIpc) is 3.17. The molecular formula is C14H10N2OS4. The van der Waals surface area contributed by atoms with Crippen molar-refractivity contribution < 1.29 is 4.79 Å². The lowest BCUT2D eigenvalue weighted by atomic mass is 10.3. The van der Waals surface area contributed by atoms with Crippen molar-refractivity contribution in [2.45, 2.75) is 0 Å². The summed E-state index contributed by atoms with van der Waals surface area (Å²) in [6, 6.07) is 2.04. The van der Waals surface area contributed by atoms with E-state index in [-0.39, 0.29) is 5.91 Å². The molecule has 0 unspecified atom stereocenters. The summed E-state index contributed by atoms with van der Waals surface area (Å²) in [5.41, 5.74) is 1.91. The second-order valence-corrected chi connectivity index (χ2v) is 7.48. The third kappa shape index (κ3) is 3.01. The molecule has 3 nitrogen and oxygen atoms in total. The molecule has 0 radical (unpaired) electrons. The summed E-state index contributed by atoms with van der Waals surface area (Å²) in [7, 11) is 0. The Hall–Kier alpha value is -1.28. The molecule has 0 aliphatic carbocycles. The van der Waals surface area contributed by atoms with Gasteiger partial charge in [0.25, 0.3) is 5.91 Å². The average molecular weight is 351 g/mol. The van der Waals surface area contributed by atoms with Gasteiger partial charge in [0, 0.05) is 22.9 Å². The molecule has 3 heterocycles. The van der Waals surface area contributed by atoms with Crippen molar-refractivity contribution in [3.8, 4) is 10.6 Å². The van der Waals surface area contributed by atoms with E-state index >= 15 is 0 Å². The highest BCUT2D eigenvalue weighted by Crippen LogP contribution is 2.33. The third-order valence-corrected chi connectivity index (χ3v) is 5.72. The first-order valence-electron chi connectivity index (χ1n) is 6.03. The molecule has 0 atom stereocenters. The van der Waals surface area contributed by atoms with Gasteiger partial charge in [-0.2, -0.15) is 11.3 Å². The Bertz CT molecular complexity index is 730. The van der Waals surface area contributed by atoms with Crippen LogP contribution in [0.3, 0.4) is 0 Å². The van der Waals surface area contributed by atoms with Gasteiger partial charge in [-0.1, -0.05) is 30.1 Å². The van der Waals surface area contributed by atoms with Gasteiger partial charge in [-0.3, -0.25) is 9.69 Å². The maximum atomic E-state index is 12.2. The summed E-state index contributed by atoms with van der Waals surface area (Å²) in [4.78, 5) is 18.9. The van der Waals surface area contributed by atoms with Crippen LogP contribution >= 0.6 is 46.7 Å². The molecule has 1 aliphatic heterocycles. The lowest BCUT2D eigenvalue weighted by Crippen LogP contribution is -2.27. The van der Waals surface area contributed by atoms with E-state index in [0.717, 1.165) is 16.3 Å². The van der Waals surface area contributed by atoms with Crippen LogP contribution in [-0.4, -0.2) is 26.7 Å². The first kappa shape index (κ1) is 14.6. The fraction of sp³-hybridized carbons (Fsp3) is 0.0714. The van der Waals surface area contributed by atoms with Crippen LogP contribution in [0.2, 0.25) is 0 Å². The number of amides is 1. The predicted octanol–water partition coefficient (Wildman–Crippen LogP) is 4.26. The Balaban J connectivity index is 1.84. The lowest BCUT2D eigenvalue weighted by Gasteiger charge is -2.10. The van der Waals surface area contributed by atoms with Crippen molar-refractivity contribution in [1.82, 2.24) is 9.88 Å². The highest BCUT2D eigenvalue weighted by Gasteiger charge is 2.31. The molecular weight excluding hydrogens is 340 g/mol. The maximum Gasteiger partial charge on any atom is 0.266 e. The Morgan fingerprint density at radius 3 is 3.00 bits per heavy atom. The summed E-state index contributed by atoms with van der Waals surface area (Å²) < 4.78 is 0.569. The monoisotopic (exact) mass is 350 g/mol. The summed E-state index contributed by atoms with van der Waals surface area (Å²) in [5, 5.41) is 7.00. The highest BCUT2D eigenvalue weighted by atomic mass is 32.2. The van der Waals surface area contributed by atoms with E-state index in [0.29, 0.717) is 15.8 Å². The zero-order valence-corrected chi connectivity index (χ0v) is 14.1. The first-order chi connectivity index (χ1) is 10.2. The van der Waals surface area contributed by atoms with Crippen LogP contribution < -0.4 is 0 Å². The van der Waals surface area contributed by atoms with Gasteiger partial charge in [0.2, 0.25) is 0 Å². The van der Waals surface area contributed by atoms with Gasteiger partial charge in [0.1, 0.15) is 9.33 Å². The van der Waals surface area contributed by atoms with Crippen LogP contribution in [0.15, 0.2) is 39.8 Å². The van der Waals surface area contributed by atoms with Gasteiger partial charge in [0.15, 0.2) is 0 Å². The van der Waals surface area contributed by atoms with Gasteiger partial charge < -0.3 is 0 Å². The second-order valence-electron chi connectivity index (χ2n) is 4.17. The lowest BCUT2D eigenvalue weighted by molar-refractivity contribution is -0.121. The zero-order valence-electron chi connectivity index (χ0n) is 10.8. The maximum absolute atomic E-state index is 12.2. The molecule has 0 spiro atoms. The summed E-state index contributed by atoms with van der Waals surface area (Å²) >= 11 is 9.74. The van der Waals surface area contributed by atoms with Gasteiger partial charge >= 0.3 is 0 Å². The number of hydrogen-bond donors (Lipinski definition) is 0. The Kier molecular flexibility index (Phi) is 4.34. The molecule has 1 amide bonds. The molecule has 0 saturated carbocycles. The van der Waals surface area contributed by atoms with Crippen molar-refractivity contribution in [2.75, 3.05) is 6.54 Å². The number of carbonyl (C=O) groups excluding carboxylic acids is 1. The standard InChI is InChI=1S/C14H10N2OS4/c1-2-4-16-13(17)11(21-14(16)18)6-10-8-20-12(15-10)9-3-5-19-7-9/h2-3,5-8H,1,4H2. The largest absolute Gasteiger partial charge is 0.289 e. The second kappa shape index (κ2) is 6.23. The van der Waals surface area contributed by atoms with E-state index in [4.69, 9.17) is 12.2 Å². The normalized spacial score (nSPS) is 17.0. The SMILES string of the molecule is C=CCN1C(=O)C(=Cc2csc(-c3ccsc3)n2)SC1=S. The van der Waals surface area contributed by atoms with E-state index in [2.05, 4.69) is 16.9 Å². The molecule has 2 aromatic heterocycles. The fourth-order valence-electron chi connectivity index (χ4n) is 1.79. The van der Waals surface area contributed by atoms with Crippen molar-refractivity contribution in [3.63, 3.8) is 0 Å². The van der Waals surface area contributed by atoms with Crippen LogP contribution in [0.1, 0.15) is 5.69 Å². The molecule has 21 heavy (non-hydrogen) atoms. The topological polar surface area (TPSA) is 33.2 Å². The number of thiophene rings is 1. The molecule has 106 valence electrons. The van der Waals surface area contributed by atoms with Crippen LogP contribution in [0, 0.1) is 0 Å². The number of thioether (sulfide) groups is 1. The summed E-state index contributed by atoms with van der Waals surface area (Å²) in [6.07, 6.45) is 3.47. The van der Waals surface area contributed by atoms with Gasteiger partial charge in [-0.25, -0.2) is 4.98 Å². The molecule has 2 aromatic rings. The van der Waals surface area contributed by atoms with E-state index in [9.17, 15) is 4.79 Å². The number of thiocarbonyl (C=S) groups is 1. The van der Waals surface area contributed by atoms with Crippen LogP contribution in [-0.2, 0) is 4.79 Å². The van der Waals surface area contributed by atoms with E-state index in [1.807, 2.05) is 16.8 Å². The van der Waals surface area contributed by atoms with Crippen molar-refractivity contribution in [1.29, 1.82) is 0 Å². The van der Waals surface area contributed by atoms with Crippen LogP contribution in [0.4, 0.5) is 0 Å². The minimum absolute atomic E-state index is 0.0741. The van der Waals surface area contributed by atoms with E-state index in [1.54, 1.807) is 39.7 Å². The van der Waals surface area contributed by atoms with E-state index in [1.165, 1.54) is 11.8 Å². The molecule has 1 aliphatic rings. The number of rotatable bonds is 4. The minimum atomic E-state index is -0.0741. The van der Waals surface area contributed by atoms with Crippen LogP contribution in [0.25, 0.3) is 16.6 Å². The van der Waals surface area contributed by atoms with Crippen molar-refractivity contribution >= 4 is 63.0 Å². The van der Waals surface area contributed by atoms with Gasteiger partial charge in [-0.05, 0) is 17.5 Å². The number of nitrogens with zero attached hydrogens (tertiary/aromatic N) is 2. The molecule has 1 fully saturated rings. The van der Waals surface area contributed by atoms with Crippen molar-refractivity contribution in [3.05, 3.63) is 45.5 Å². The summed E-state index contributed by atoms with van der Waals surface area (Å²) in [5.74, 6) is -0.0741. The Morgan fingerprint density at radius 1 is 1.43 bits per heavy atom. The predicted molar refractivity (Wildman–Crippen MR) is 95.5 cm³/mol. The number of aromatic nitrogens is 1. The van der Waals surface area contributed by atoms with Crippen molar-refractivity contribution in [2.24, 2.45) is 0 Å². The summed E-state index contributed by atoms with van der Waals surface area (Å²) in [6.45, 7) is 4.09. The molecule has 0 N–H and O–H groups in total. The molecule has 0 bridgehead atoms. The highest BCUT2D eigenvalue weighted by molar-refractivity contribution is 8.26. The Labute approximate surface area is 140 Å². The molecule has 0 aromatic carbocycles. The van der Waals surface area contributed by atoms with Gasteiger partial charge in [-0.15, -0.1) is 17.9 Å². The van der Waals surface area contributed by atoms with Crippen LogP contribution in [0.5, 0.6) is 0 Å². The number of carbonyl (C=O) groups is 1. The third-order valence-electron chi connectivity index (χ3n) is 2.75. The smallest absolute Gasteiger partial charge is 0.266 e. The zero-order chi connectivity index (χ0) is 14.8. The van der Waals surface area contributed by atoms with Gasteiger partial charge in [0.05, 0.1) is 10.6 Å². The Morgan fingerprint density at radius 2 is 2.29 bits per heavy atom. The number of thiazole rings is 1. The fourth-order valence-corrected chi connectivity index (χ4v) is 4.54. The molecule has 3 rings (SSSR count). The molecule has 1 saturated heterocycles. The van der Waals surface area contributed by atoms with E-state index < -0.39 is 0 Å². The first-order valence-corrected chi connectivity index (χ1v) is 9.08. The minimum Gasteiger partial charge on any atom is -0.289 e.